The number of aryl methyl sites for hydroxylation is 1. The number of piperazine rings is 1. The first kappa shape index (κ1) is 10.6. The van der Waals surface area contributed by atoms with Gasteiger partial charge >= 0.3 is 0 Å². The van der Waals surface area contributed by atoms with Gasteiger partial charge in [-0.05, 0) is 13.0 Å². The lowest BCUT2D eigenvalue weighted by Gasteiger charge is -2.35. The van der Waals surface area contributed by atoms with Gasteiger partial charge in [0, 0.05) is 39.1 Å². The monoisotopic (exact) mass is 208 g/mol. The molecule has 1 N–H and O–H groups in total. The van der Waals surface area contributed by atoms with E-state index in [9.17, 15) is 0 Å². The molecule has 4 nitrogen and oxygen atoms in total. The van der Waals surface area contributed by atoms with Crippen LogP contribution < -0.4 is 5.32 Å². The van der Waals surface area contributed by atoms with E-state index in [1.54, 1.807) is 0 Å². The second-order valence-corrected chi connectivity index (χ2v) is 4.15. The molecule has 1 aromatic heterocycles. The van der Waals surface area contributed by atoms with Crippen LogP contribution >= 0.6 is 0 Å². The summed E-state index contributed by atoms with van der Waals surface area (Å²) >= 11 is 0. The number of nitrogens with zero attached hydrogens (tertiary/aromatic N) is 3. The Morgan fingerprint density at radius 2 is 2.47 bits per heavy atom. The average molecular weight is 208 g/mol. The third-order valence-corrected chi connectivity index (χ3v) is 3.02. The Morgan fingerprint density at radius 1 is 1.60 bits per heavy atom. The van der Waals surface area contributed by atoms with Crippen molar-refractivity contribution < 1.29 is 0 Å². The Labute approximate surface area is 91.3 Å². The van der Waals surface area contributed by atoms with Crippen LogP contribution in [0.4, 0.5) is 0 Å². The molecule has 1 saturated heterocycles. The van der Waals surface area contributed by atoms with Crippen LogP contribution in [0.25, 0.3) is 0 Å². The molecule has 1 unspecified atom stereocenters. The molecule has 84 valence electrons. The van der Waals surface area contributed by atoms with E-state index < -0.39 is 0 Å². The Hall–Kier alpha value is -0.870. The fourth-order valence-electron chi connectivity index (χ4n) is 2.25. The second-order valence-electron chi connectivity index (χ2n) is 4.15. The van der Waals surface area contributed by atoms with Crippen molar-refractivity contribution in [2.45, 2.75) is 19.4 Å². The summed E-state index contributed by atoms with van der Waals surface area (Å²) in [5.74, 6) is 1.18. The molecule has 0 saturated carbocycles. The van der Waals surface area contributed by atoms with Gasteiger partial charge in [-0.15, -0.1) is 0 Å². The summed E-state index contributed by atoms with van der Waals surface area (Å²) in [6, 6.07) is 0.443. The van der Waals surface area contributed by atoms with E-state index in [0.717, 1.165) is 19.6 Å². The van der Waals surface area contributed by atoms with Crippen LogP contribution in [0.2, 0.25) is 0 Å². The van der Waals surface area contributed by atoms with E-state index in [-0.39, 0.29) is 0 Å². The van der Waals surface area contributed by atoms with Gasteiger partial charge in [0.2, 0.25) is 0 Å². The van der Waals surface area contributed by atoms with Crippen molar-refractivity contribution in [2.75, 3.05) is 26.2 Å². The van der Waals surface area contributed by atoms with Gasteiger partial charge in [-0.2, -0.15) is 0 Å². The molecule has 2 rings (SSSR count). The minimum Gasteiger partial charge on any atom is -0.337 e. The number of imidazole rings is 1. The Kier molecular flexibility index (Phi) is 3.38. The van der Waals surface area contributed by atoms with E-state index >= 15 is 0 Å². The lowest BCUT2D eigenvalue weighted by Crippen LogP contribution is -2.47. The number of aromatic nitrogens is 2. The minimum absolute atomic E-state index is 0.443. The lowest BCUT2D eigenvalue weighted by molar-refractivity contribution is 0.153. The summed E-state index contributed by atoms with van der Waals surface area (Å²) in [7, 11) is 2.07. The molecule has 1 atom stereocenters. The quantitative estimate of drug-likeness (QED) is 0.796. The molecule has 1 aliphatic rings. The summed E-state index contributed by atoms with van der Waals surface area (Å²) in [6.45, 7) is 6.65. The van der Waals surface area contributed by atoms with Crippen LogP contribution in [-0.4, -0.2) is 40.6 Å². The Bertz CT molecular complexity index is 305. The van der Waals surface area contributed by atoms with Crippen molar-refractivity contribution in [1.82, 2.24) is 19.8 Å². The highest BCUT2D eigenvalue weighted by molar-refractivity contribution is 5.01. The second kappa shape index (κ2) is 4.77. The first-order valence-corrected chi connectivity index (χ1v) is 5.75. The molecule has 0 aromatic carbocycles. The molecule has 0 radical (unpaired) electrons. The first-order chi connectivity index (χ1) is 7.33. The summed E-state index contributed by atoms with van der Waals surface area (Å²) < 4.78 is 2.13. The van der Waals surface area contributed by atoms with Crippen LogP contribution in [0.3, 0.4) is 0 Å². The predicted octanol–water partition coefficient (Wildman–Crippen LogP) is 0.776. The number of hydrogen-bond acceptors (Lipinski definition) is 3. The van der Waals surface area contributed by atoms with E-state index in [0.29, 0.717) is 6.04 Å². The normalized spacial score (nSPS) is 23.2. The van der Waals surface area contributed by atoms with E-state index in [4.69, 9.17) is 0 Å². The average Bonchev–Trinajstić information content (AvgIpc) is 2.66. The number of rotatable bonds is 3. The first-order valence-electron chi connectivity index (χ1n) is 5.75. The van der Waals surface area contributed by atoms with Crippen LogP contribution in [0.1, 0.15) is 25.2 Å². The van der Waals surface area contributed by atoms with E-state index in [1.807, 2.05) is 12.4 Å². The highest BCUT2D eigenvalue weighted by Gasteiger charge is 2.25. The Balaban J connectivity index is 2.14. The van der Waals surface area contributed by atoms with Crippen molar-refractivity contribution in [1.29, 1.82) is 0 Å². The molecule has 0 bridgehead atoms. The van der Waals surface area contributed by atoms with Crippen LogP contribution in [0.5, 0.6) is 0 Å². The van der Waals surface area contributed by atoms with Crippen LogP contribution in [0.15, 0.2) is 12.4 Å². The van der Waals surface area contributed by atoms with Gasteiger partial charge in [-0.3, -0.25) is 4.90 Å². The molecular formula is C11H20N4. The minimum atomic E-state index is 0.443. The molecule has 0 spiro atoms. The van der Waals surface area contributed by atoms with Gasteiger partial charge in [-0.1, -0.05) is 6.92 Å². The van der Waals surface area contributed by atoms with Gasteiger partial charge in [-0.25, -0.2) is 4.98 Å². The van der Waals surface area contributed by atoms with Gasteiger partial charge in [0.1, 0.15) is 5.82 Å². The van der Waals surface area contributed by atoms with Gasteiger partial charge < -0.3 is 9.88 Å². The van der Waals surface area contributed by atoms with E-state index in [2.05, 4.69) is 33.7 Å². The summed E-state index contributed by atoms with van der Waals surface area (Å²) in [6.07, 6.45) is 5.11. The largest absolute Gasteiger partial charge is 0.337 e. The van der Waals surface area contributed by atoms with Gasteiger partial charge in [0.15, 0.2) is 0 Å². The van der Waals surface area contributed by atoms with Crippen molar-refractivity contribution in [2.24, 2.45) is 7.05 Å². The maximum absolute atomic E-state index is 4.45. The predicted molar refractivity (Wildman–Crippen MR) is 60.7 cm³/mol. The summed E-state index contributed by atoms with van der Waals surface area (Å²) in [4.78, 5) is 6.98. The zero-order valence-electron chi connectivity index (χ0n) is 9.61. The third kappa shape index (κ3) is 2.21. The molecule has 0 aliphatic carbocycles. The lowest BCUT2D eigenvalue weighted by atomic mass is 10.1. The molecule has 2 heterocycles. The number of hydrogen-bond donors (Lipinski definition) is 1. The zero-order chi connectivity index (χ0) is 10.7. The van der Waals surface area contributed by atoms with Crippen molar-refractivity contribution in [3.05, 3.63) is 18.2 Å². The van der Waals surface area contributed by atoms with Crippen molar-refractivity contribution in [3.63, 3.8) is 0 Å². The third-order valence-electron chi connectivity index (χ3n) is 3.02. The molecule has 0 amide bonds. The summed E-state index contributed by atoms with van der Waals surface area (Å²) in [5, 5.41) is 3.44. The fraction of sp³-hybridized carbons (Fsp3) is 0.727. The Morgan fingerprint density at radius 3 is 3.13 bits per heavy atom. The van der Waals surface area contributed by atoms with Gasteiger partial charge in [0.05, 0.1) is 6.04 Å². The van der Waals surface area contributed by atoms with E-state index in [1.165, 1.54) is 18.8 Å². The molecule has 4 heteroatoms. The molecule has 1 aromatic rings. The smallest absolute Gasteiger partial charge is 0.127 e. The maximum atomic E-state index is 4.45. The topological polar surface area (TPSA) is 33.1 Å². The maximum Gasteiger partial charge on any atom is 0.127 e. The highest BCUT2D eigenvalue weighted by Crippen LogP contribution is 2.20. The molecule has 15 heavy (non-hydrogen) atoms. The van der Waals surface area contributed by atoms with Crippen LogP contribution in [0, 0.1) is 0 Å². The van der Waals surface area contributed by atoms with Crippen molar-refractivity contribution >= 4 is 0 Å². The summed E-state index contributed by atoms with van der Waals surface area (Å²) in [5.41, 5.74) is 0. The standard InChI is InChI=1S/C11H20N4/c1-3-6-15-8-4-12-9-10(15)11-13-5-7-14(11)2/h5,7,10,12H,3-4,6,8-9H2,1-2H3. The molecular weight excluding hydrogens is 188 g/mol. The van der Waals surface area contributed by atoms with Crippen LogP contribution in [-0.2, 0) is 7.05 Å². The SMILES string of the molecule is CCCN1CCNCC1c1nccn1C. The van der Waals surface area contributed by atoms with Gasteiger partial charge in [0.25, 0.3) is 0 Å². The highest BCUT2D eigenvalue weighted by atomic mass is 15.3. The fourth-order valence-corrected chi connectivity index (χ4v) is 2.25. The van der Waals surface area contributed by atoms with Crippen molar-refractivity contribution in [3.8, 4) is 0 Å². The number of nitrogens with one attached hydrogen (secondary N) is 1. The molecule has 1 fully saturated rings. The zero-order valence-corrected chi connectivity index (χ0v) is 9.61. The molecule has 1 aliphatic heterocycles.